The Morgan fingerprint density at radius 2 is 2.60 bits per heavy atom. The van der Waals surface area contributed by atoms with E-state index in [1.807, 2.05) is 0 Å². The molecule has 0 aliphatic rings. The molecule has 56 valence electrons. The highest BCUT2D eigenvalue weighted by Crippen LogP contribution is 1.90. The van der Waals surface area contributed by atoms with Crippen LogP contribution in [0.3, 0.4) is 0 Å². The van der Waals surface area contributed by atoms with Crippen LogP contribution < -0.4 is 5.32 Å². The third kappa shape index (κ3) is 2.14. The van der Waals surface area contributed by atoms with Gasteiger partial charge in [0.1, 0.15) is 0 Å². The second kappa shape index (κ2) is 4.00. The van der Waals surface area contributed by atoms with Gasteiger partial charge in [0.25, 0.3) is 0 Å². The van der Waals surface area contributed by atoms with E-state index < -0.39 is 0 Å². The minimum atomic E-state index is 0.695. The van der Waals surface area contributed by atoms with E-state index in [9.17, 15) is 0 Å². The van der Waals surface area contributed by atoms with Crippen LogP contribution >= 0.6 is 0 Å². The quantitative estimate of drug-likeness (QED) is 0.609. The molecule has 1 N–H and O–H groups in total. The van der Waals surface area contributed by atoms with Crippen LogP contribution in [0, 0.1) is 0 Å². The Labute approximate surface area is 59.6 Å². The van der Waals surface area contributed by atoms with Crippen LogP contribution in [0.1, 0.15) is 12.8 Å². The summed E-state index contributed by atoms with van der Waals surface area (Å²) in [6.45, 7) is 3.95. The molecule has 1 aromatic heterocycles. The minimum absolute atomic E-state index is 0.695. The van der Waals surface area contributed by atoms with Crippen LogP contribution in [0.5, 0.6) is 0 Å². The van der Waals surface area contributed by atoms with E-state index >= 15 is 0 Å². The number of rotatable bonds is 4. The van der Waals surface area contributed by atoms with Crippen LogP contribution in [0.25, 0.3) is 0 Å². The molecule has 0 aromatic carbocycles. The van der Waals surface area contributed by atoms with E-state index in [1.165, 1.54) is 6.39 Å². The van der Waals surface area contributed by atoms with Crippen molar-refractivity contribution in [3.63, 3.8) is 0 Å². The molecule has 0 bridgehead atoms. The lowest BCUT2D eigenvalue weighted by Crippen LogP contribution is -2.16. The Balaban J connectivity index is 2.15. The largest absolute Gasteiger partial charge is 0.428 e. The van der Waals surface area contributed by atoms with Gasteiger partial charge in [-0.2, -0.15) is 0 Å². The molecule has 1 heterocycles. The van der Waals surface area contributed by atoms with E-state index in [2.05, 4.69) is 22.4 Å². The summed E-state index contributed by atoms with van der Waals surface area (Å²) in [5, 5.41) is 10.4. The first-order chi connectivity index (χ1) is 4.93. The summed E-state index contributed by atoms with van der Waals surface area (Å²) in [5.74, 6) is 0.695. The van der Waals surface area contributed by atoms with Crippen molar-refractivity contribution in [2.75, 3.05) is 13.1 Å². The van der Waals surface area contributed by atoms with E-state index in [0.29, 0.717) is 5.89 Å². The fourth-order valence-corrected chi connectivity index (χ4v) is 0.677. The van der Waals surface area contributed by atoms with Gasteiger partial charge in [-0.3, -0.25) is 0 Å². The van der Waals surface area contributed by atoms with E-state index in [4.69, 9.17) is 4.42 Å². The van der Waals surface area contributed by atoms with Crippen molar-refractivity contribution < 1.29 is 4.42 Å². The van der Waals surface area contributed by atoms with Crippen LogP contribution in [0.4, 0.5) is 0 Å². The molecular formula is C6H11N3O. The van der Waals surface area contributed by atoms with Crippen LogP contribution in [0.15, 0.2) is 10.8 Å². The molecule has 1 aromatic rings. The molecule has 0 spiro atoms. The van der Waals surface area contributed by atoms with E-state index in [0.717, 1.165) is 19.5 Å². The van der Waals surface area contributed by atoms with Crippen molar-refractivity contribution >= 4 is 0 Å². The predicted octanol–water partition coefficient (Wildman–Crippen LogP) is 0.222. The zero-order valence-electron chi connectivity index (χ0n) is 6.00. The first kappa shape index (κ1) is 7.21. The predicted molar refractivity (Wildman–Crippen MR) is 36.5 cm³/mol. The third-order valence-electron chi connectivity index (χ3n) is 1.17. The molecule has 0 aliphatic heterocycles. The highest BCUT2D eigenvalue weighted by atomic mass is 16.4. The number of nitrogens with one attached hydrogen (secondary N) is 1. The lowest BCUT2D eigenvalue weighted by Gasteiger charge is -1.94. The molecule has 0 saturated heterocycles. The number of likely N-dealkylation sites (N-methyl/N-ethyl adjacent to an activating group) is 1. The van der Waals surface area contributed by atoms with Crippen LogP contribution in [0.2, 0.25) is 0 Å². The van der Waals surface area contributed by atoms with Crippen molar-refractivity contribution in [2.45, 2.75) is 13.3 Å². The van der Waals surface area contributed by atoms with Gasteiger partial charge in [0.2, 0.25) is 12.3 Å². The van der Waals surface area contributed by atoms with Gasteiger partial charge in [0, 0.05) is 13.0 Å². The summed E-state index contributed by atoms with van der Waals surface area (Å²) in [6, 6.07) is 0. The maximum Gasteiger partial charge on any atom is 0.217 e. The summed E-state index contributed by atoms with van der Waals surface area (Å²) in [4.78, 5) is 0. The highest BCUT2D eigenvalue weighted by Gasteiger charge is 1.95. The second-order valence-electron chi connectivity index (χ2n) is 1.94. The first-order valence-corrected chi connectivity index (χ1v) is 3.39. The Morgan fingerprint density at radius 3 is 3.20 bits per heavy atom. The zero-order valence-corrected chi connectivity index (χ0v) is 6.00. The van der Waals surface area contributed by atoms with Gasteiger partial charge in [-0.15, -0.1) is 10.2 Å². The highest BCUT2D eigenvalue weighted by molar-refractivity contribution is 4.73. The smallest absolute Gasteiger partial charge is 0.217 e. The maximum atomic E-state index is 4.92. The van der Waals surface area contributed by atoms with Gasteiger partial charge in [0.05, 0.1) is 0 Å². The molecule has 0 amide bonds. The van der Waals surface area contributed by atoms with Crippen molar-refractivity contribution in [3.8, 4) is 0 Å². The first-order valence-electron chi connectivity index (χ1n) is 3.39. The van der Waals surface area contributed by atoms with Gasteiger partial charge >= 0.3 is 0 Å². The summed E-state index contributed by atoms with van der Waals surface area (Å²) >= 11 is 0. The maximum absolute atomic E-state index is 4.92. The van der Waals surface area contributed by atoms with Gasteiger partial charge in [-0.1, -0.05) is 6.92 Å². The molecule has 0 radical (unpaired) electrons. The molecule has 0 saturated carbocycles. The van der Waals surface area contributed by atoms with Crippen molar-refractivity contribution in [2.24, 2.45) is 0 Å². The molecule has 1 rings (SSSR count). The topological polar surface area (TPSA) is 51.0 Å². The SMILES string of the molecule is CCNCCc1nnco1. The Kier molecular flexibility index (Phi) is 2.89. The number of hydrogen-bond donors (Lipinski definition) is 1. The van der Waals surface area contributed by atoms with Gasteiger partial charge < -0.3 is 9.73 Å². The summed E-state index contributed by atoms with van der Waals surface area (Å²) < 4.78 is 4.92. The fourth-order valence-electron chi connectivity index (χ4n) is 0.677. The minimum Gasteiger partial charge on any atom is -0.428 e. The Bertz CT molecular complexity index is 162. The monoisotopic (exact) mass is 141 g/mol. The van der Waals surface area contributed by atoms with Gasteiger partial charge in [-0.25, -0.2) is 0 Å². The molecule has 10 heavy (non-hydrogen) atoms. The molecule has 0 atom stereocenters. The lowest BCUT2D eigenvalue weighted by atomic mass is 10.4. The van der Waals surface area contributed by atoms with Gasteiger partial charge in [0.15, 0.2) is 0 Å². The Hall–Kier alpha value is -0.900. The van der Waals surface area contributed by atoms with E-state index in [-0.39, 0.29) is 0 Å². The van der Waals surface area contributed by atoms with Crippen LogP contribution in [-0.2, 0) is 6.42 Å². The lowest BCUT2D eigenvalue weighted by molar-refractivity contribution is 0.485. The molecule has 4 nitrogen and oxygen atoms in total. The summed E-state index contributed by atoms with van der Waals surface area (Å²) in [5.41, 5.74) is 0. The van der Waals surface area contributed by atoms with Crippen molar-refractivity contribution in [1.29, 1.82) is 0 Å². The molecule has 0 aliphatic carbocycles. The number of nitrogens with zero attached hydrogens (tertiary/aromatic N) is 2. The standard InChI is InChI=1S/C6H11N3O/c1-2-7-4-3-6-9-8-5-10-6/h5,7H,2-4H2,1H3. The second-order valence-corrected chi connectivity index (χ2v) is 1.94. The summed E-state index contributed by atoms with van der Waals surface area (Å²) in [7, 11) is 0. The van der Waals surface area contributed by atoms with Gasteiger partial charge in [-0.05, 0) is 6.54 Å². The molecule has 4 heteroatoms. The molecule has 0 unspecified atom stereocenters. The Morgan fingerprint density at radius 1 is 1.70 bits per heavy atom. The third-order valence-corrected chi connectivity index (χ3v) is 1.17. The number of hydrogen-bond acceptors (Lipinski definition) is 4. The fraction of sp³-hybridized carbons (Fsp3) is 0.667. The van der Waals surface area contributed by atoms with Crippen molar-refractivity contribution in [3.05, 3.63) is 12.3 Å². The number of aromatic nitrogens is 2. The zero-order chi connectivity index (χ0) is 7.23. The normalized spacial score (nSPS) is 10.1. The van der Waals surface area contributed by atoms with E-state index in [1.54, 1.807) is 0 Å². The summed E-state index contributed by atoms with van der Waals surface area (Å²) in [6.07, 6.45) is 2.16. The van der Waals surface area contributed by atoms with Crippen LogP contribution in [-0.4, -0.2) is 23.3 Å². The average Bonchev–Trinajstić information content (AvgIpc) is 2.41. The molecule has 0 fully saturated rings. The van der Waals surface area contributed by atoms with Crippen molar-refractivity contribution in [1.82, 2.24) is 15.5 Å². The molecular weight excluding hydrogens is 130 g/mol. The average molecular weight is 141 g/mol.